The van der Waals surface area contributed by atoms with E-state index in [-0.39, 0.29) is 5.41 Å². The van der Waals surface area contributed by atoms with Crippen molar-refractivity contribution in [2.45, 2.75) is 63.3 Å². The van der Waals surface area contributed by atoms with E-state index < -0.39 is 10.0 Å². The van der Waals surface area contributed by atoms with Gasteiger partial charge in [0.1, 0.15) is 0 Å². The fourth-order valence-electron chi connectivity index (χ4n) is 5.66. The summed E-state index contributed by atoms with van der Waals surface area (Å²) in [5.41, 5.74) is 6.11. The Morgan fingerprint density at radius 2 is 1.59 bits per heavy atom. The molecule has 2 heterocycles. The molecule has 1 fully saturated rings. The van der Waals surface area contributed by atoms with Gasteiger partial charge in [0.25, 0.3) is 0 Å². The van der Waals surface area contributed by atoms with Gasteiger partial charge in [-0.05, 0) is 78.1 Å². The van der Waals surface area contributed by atoms with Crippen LogP contribution in [0.3, 0.4) is 0 Å². The maximum absolute atomic E-state index is 13.4. The number of fused-ring (bicyclic) bond motifs is 1. The highest BCUT2D eigenvalue weighted by Gasteiger charge is 2.32. The van der Waals surface area contributed by atoms with Crippen LogP contribution in [-0.2, 0) is 22.0 Å². The molecule has 0 aliphatic carbocycles. The van der Waals surface area contributed by atoms with Gasteiger partial charge in [-0.2, -0.15) is 4.31 Å². The number of hydrogen-bond acceptors (Lipinski definition) is 2. The second-order valence-electron chi connectivity index (χ2n) is 11.2. The zero-order valence-electron chi connectivity index (χ0n) is 22.0. The lowest BCUT2D eigenvalue weighted by Gasteiger charge is -2.32. The van der Waals surface area contributed by atoms with Crippen molar-refractivity contribution in [3.63, 3.8) is 0 Å². The van der Waals surface area contributed by atoms with Gasteiger partial charge in [-0.25, -0.2) is 8.42 Å². The fraction of sp³-hybridized carbons (Fsp3) is 0.355. The minimum Gasteiger partial charge on any atom is -0.340 e. The van der Waals surface area contributed by atoms with Crippen molar-refractivity contribution in [3.8, 4) is 0 Å². The molecule has 1 saturated heterocycles. The molecule has 6 heteroatoms. The number of halogens is 1. The summed E-state index contributed by atoms with van der Waals surface area (Å²) in [4.78, 5) is 0.383. The first-order valence-corrected chi connectivity index (χ1v) is 14.8. The van der Waals surface area contributed by atoms with Crippen LogP contribution >= 0.6 is 11.6 Å². The molecule has 4 aromatic rings. The molecule has 5 rings (SSSR count). The lowest BCUT2D eigenvalue weighted by molar-refractivity contribution is 0.319. The Morgan fingerprint density at radius 1 is 0.919 bits per heavy atom. The fourth-order valence-corrected chi connectivity index (χ4v) is 7.34. The van der Waals surface area contributed by atoms with Gasteiger partial charge in [0.2, 0.25) is 10.0 Å². The molecule has 1 aliphatic rings. The summed E-state index contributed by atoms with van der Waals surface area (Å²) in [7, 11) is -3.51. The first-order valence-electron chi connectivity index (χ1n) is 13.0. The summed E-state index contributed by atoms with van der Waals surface area (Å²) in [5, 5.41) is 2.01. The molecule has 4 nitrogen and oxygen atoms in total. The molecule has 0 saturated carbocycles. The molecule has 0 unspecified atom stereocenters. The van der Waals surface area contributed by atoms with Crippen LogP contribution in [0.4, 0.5) is 0 Å². The molecule has 37 heavy (non-hydrogen) atoms. The third kappa shape index (κ3) is 5.09. The highest BCUT2D eigenvalue weighted by atomic mass is 35.5. The number of benzene rings is 3. The van der Waals surface area contributed by atoms with E-state index in [1.165, 1.54) is 27.7 Å². The van der Waals surface area contributed by atoms with Crippen LogP contribution in [-0.4, -0.2) is 30.4 Å². The second kappa shape index (κ2) is 9.94. The Balaban J connectivity index is 1.39. The first kappa shape index (κ1) is 26.0. The molecule has 0 spiro atoms. The average Bonchev–Trinajstić information content (AvgIpc) is 3.15. The summed E-state index contributed by atoms with van der Waals surface area (Å²) < 4.78 is 30.9. The molecule has 0 N–H and O–H groups in total. The predicted molar refractivity (Wildman–Crippen MR) is 153 cm³/mol. The van der Waals surface area contributed by atoms with E-state index in [9.17, 15) is 8.42 Å². The monoisotopic (exact) mass is 534 g/mol. The van der Waals surface area contributed by atoms with E-state index >= 15 is 0 Å². The second-order valence-corrected chi connectivity index (χ2v) is 13.6. The zero-order valence-corrected chi connectivity index (χ0v) is 23.6. The smallest absolute Gasteiger partial charge is 0.243 e. The van der Waals surface area contributed by atoms with Gasteiger partial charge in [-0.3, -0.25) is 0 Å². The normalized spacial score (nSPS) is 15.9. The van der Waals surface area contributed by atoms with Gasteiger partial charge >= 0.3 is 0 Å². The Morgan fingerprint density at radius 3 is 2.24 bits per heavy atom. The van der Waals surface area contributed by atoms with Crippen molar-refractivity contribution < 1.29 is 8.42 Å². The van der Waals surface area contributed by atoms with Crippen molar-refractivity contribution in [1.82, 2.24) is 8.87 Å². The van der Waals surface area contributed by atoms with Gasteiger partial charge < -0.3 is 4.57 Å². The summed E-state index contributed by atoms with van der Waals surface area (Å²) >= 11 is 6.26. The van der Waals surface area contributed by atoms with Crippen LogP contribution in [0.15, 0.2) is 77.7 Å². The molecule has 0 atom stereocenters. The van der Waals surface area contributed by atoms with Crippen LogP contribution in [0.5, 0.6) is 0 Å². The molecule has 0 amide bonds. The standard InChI is InChI=1S/C31H35ClN2O2S/c1-22-30(28-10-5-6-11-29(28)34(22)21-23-8-7-9-26(32)20-23)24-16-18-33(19-17-24)37(35,36)27-14-12-25(13-15-27)31(2,3)4/h5-15,20,24H,16-19,21H2,1-4H3. The third-order valence-corrected chi connectivity index (χ3v) is 9.88. The van der Waals surface area contributed by atoms with Crippen LogP contribution < -0.4 is 0 Å². The maximum atomic E-state index is 13.4. The van der Waals surface area contributed by atoms with Crippen LogP contribution in [0.25, 0.3) is 10.9 Å². The molecule has 1 aliphatic heterocycles. The molecular formula is C31H35ClN2O2S. The largest absolute Gasteiger partial charge is 0.340 e. The number of hydrogen-bond donors (Lipinski definition) is 0. The summed E-state index contributed by atoms with van der Waals surface area (Å²) in [6.45, 7) is 10.4. The minimum atomic E-state index is -3.51. The molecular weight excluding hydrogens is 500 g/mol. The van der Waals surface area contributed by atoms with E-state index in [0.717, 1.165) is 30.0 Å². The Bertz CT molecular complexity index is 1520. The van der Waals surface area contributed by atoms with Gasteiger partial charge in [0.15, 0.2) is 0 Å². The third-order valence-electron chi connectivity index (χ3n) is 7.73. The number of para-hydroxylation sites is 1. The van der Waals surface area contributed by atoms with E-state index in [2.05, 4.69) is 62.6 Å². The Hall–Kier alpha value is -2.60. The summed E-state index contributed by atoms with van der Waals surface area (Å²) in [6.07, 6.45) is 1.62. The molecule has 1 aromatic heterocycles. The van der Waals surface area contributed by atoms with Crippen molar-refractivity contribution in [2.24, 2.45) is 0 Å². The highest BCUT2D eigenvalue weighted by molar-refractivity contribution is 7.89. The van der Waals surface area contributed by atoms with Crippen LogP contribution in [0.2, 0.25) is 5.02 Å². The van der Waals surface area contributed by atoms with Crippen molar-refractivity contribution >= 4 is 32.5 Å². The van der Waals surface area contributed by atoms with Crippen molar-refractivity contribution in [2.75, 3.05) is 13.1 Å². The maximum Gasteiger partial charge on any atom is 0.243 e. The van der Waals surface area contributed by atoms with Gasteiger partial charge in [-0.1, -0.05) is 74.8 Å². The first-order chi connectivity index (χ1) is 17.6. The molecule has 3 aromatic carbocycles. The number of aromatic nitrogens is 1. The highest BCUT2D eigenvalue weighted by Crippen LogP contribution is 2.39. The Labute approximate surface area is 225 Å². The number of sulfonamides is 1. The molecule has 0 bridgehead atoms. The van der Waals surface area contributed by atoms with E-state index in [1.807, 2.05) is 30.3 Å². The van der Waals surface area contributed by atoms with Gasteiger partial charge in [-0.15, -0.1) is 0 Å². The van der Waals surface area contributed by atoms with E-state index in [0.29, 0.717) is 23.9 Å². The summed E-state index contributed by atoms with van der Waals surface area (Å²) in [6, 6.07) is 24.0. The quantitative estimate of drug-likeness (QED) is 0.266. The van der Waals surface area contributed by atoms with Crippen molar-refractivity contribution in [1.29, 1.82) is 0 Å². The average molecular weight is 535 g/mol. The molecule has 194 valence electrons. The lowest BCUT2D eigenvalue weighted by atomic mass is 9.87. The van der Waals surface area contributed by atoms with E-state index in [1.54, 1.807) is 16.4 Å². The number of piperidine rings is 1. The zero-order chi connectivity index (χ0) is 26.4. The summed E-state index contributed by atoms with van der Waals surface area (Å²) in [5.74, 6) is 0.320. The predicted octanol–water partition coefficient (Wildman–Crippen LogP) is 7.52. The number of rotatable bonds is 5. The Kier molecular flexibility index (Phi) is 6.99. The van der Waals surface area contributed by atoms with Crippen molar-refractivity contribution in [3.05, 3.63) is 100 Å². The topological polar surface area (TPSA) is 42.3 Å². The SMILES string of the molecule is Cc1c(C2CCN(S(=O)(=O)c3ccc(C(C)(C)C)cc3)CC2)c2ccccc2n1Cc1cccc(Cl)c1. The van der Waals surface area contributed by atoms with Gasteiger partial charge in [0, 0.05) is 41.3 Å². The number of nitrogens with zero attached hydrogens (tertiary/aromatic N) is 2. The van der Waals surface area contributed by atoms with E-state index in [4.69, 9.17) is 11.6 Å². The van der Waals surface area contributed by atoms with Crippen LogP contribution in [0, 0.1) is 6.92 Å². The lowest BCUT2D eigenvalue weighted by Crippen LogP contribution is -2.38. The van der Waals surface area contributed by atoms with Crippen LogP contribution in [0.1, 0.15) is 61.9 Å². The minimum absolute atomic E-state index is 0.00947. The molecule has 0 radical (unpaired) electrons. The van der Waals surface area contributed by atoms with Gasteiger partial charge in [0.05, 0.1) is 4.90 Å².